The van der Waals surface area contributed by atoms with Crippen molar-refractivity contribution in [3.8, 4) is 0 Å². The molecule has 1 heterocycles. The van der Waals surface area contributed by atoms with Crippen molar-refractivity contribution in [1.29, 1.82) is 0 Å². The van der Waals surface area contributed by atoms with Crippen molar-refractivity contribution in [3.63, 3.8) is 0 Å². The lowest BCUT2D eigenvalue weighted by molar-refractivity contribution is 0.0606. The highest BCUT2D eigenvalue weighted by atomic mass is 79.9. The fourth-order valence-electron chi connectivity index (χ4n) is 1.38. The second-order valence-corrected chi connectivity index (χ2v) is 6.02. The number of hydrogen-bond acceptors (Lipinski definition) is 5. The minimum absolute atomic E-state index is 0.397. The molecule has 0 amide bonds. The number of nitrogens with one attached hydrogen (secondary N) is 1. The highest BCUT2D eigenvalue weighted by molar-refractivity contribution is 9.10. The number of esters is 1. The third kappa shape index (κ3) is 3.26. The van der Waals surface area contributed by atoms with Crippen LogP contribution < -0.4 is 5.32 Å². The van der Waals surface area contributed by atoms with E-state index in [4.69, 9.17) is 11.6 Å². The first-order valence-electron chi connectivity index (χ1n) is 5.28. The number of methoxy groups -OCH3 is 1. The molecule has 19 heavy (non-hydrogen) atoms. The quantitative estimate of drug-likeness (QED) is 0.823. The van der Waals surface area contributed by atoms with E-state index in [-0.39, 0.29) is 0 Å². The Morgan fingerprint density at radius 2 is 2.26 bits per heavy atom. The van der Waals surface area contributed by atoms with Gasteiger partial charge in [-0.2, -0.15) is 0 Å². The van der Waals surface area contributed by atoms with E-state index in [0.717, 1.165) is 15.7 Å². The monoisotopic (exact) mass is 360 g/mol. The summed E-state index contributed by atoms with van der Waals surface area (Å²) in [5.74, 6) is -0.397. The summed E-state index contributed by atoms with van der Waals surface area (Å²) in [6, 6.07) is 3.72. The van der Waals surface area contributed by atoms with E-state index in [1.165, 1.54) is 24.6 Å². The van der Waals surface area contributed by atoms with Crippen LogP contribution in [0.15, 0.2) is 22.8 Å². The first kappa shape index (κ1) is 14.3. The predicted molar refractivity (Wildman–Crippen MR) is 80.6 cm³/mol. The van der Waals surface area contributed by atoms with Crippen LogP contribution in [0, 0.1) is 6.92 Å². The smallest absolute Gasteiger partial charge is 0.349 e. The maximum Gasteiger partial charge on any atom is 0.349 e. The third-order valence-electron chi connectivity index (χ3n) is 2.38. The zero-order valence-electron chi connectivity index (χ0n) is 10.2. The lowest BCUT2D eigenvalue weighted by Crippen LogP contribution is -1.96. The summed E-state index contributed by atoms with van der Waals surface area (Å²) in [5.41, 5.74) is 1.77. The van der Waals surface area contributed by atoms with Crippen molar-refractivity contribution >= 4 is 55.7 Å². The van der Waals surface area contributed by atoms with E-state index in [2.05, 4.69) is 31.0 Å². The Labute approximate surface area is 127 Å². The summed E-state index contributed by atoms with van der Waals surface area (Å²) in [6.07, 6.45) is 1.47. The van der Waals surface area contributed by atoms with Gasteiger partial charge in [-0.15, -0.1) is 0 Å². The standard InChI is InChI=1S/C12H10BrClN2O2S/c1-6-3-7(13)9(4-8(6)14)16-12-15-5-10(19-12)11(17)18-2/h3-5H,1-2H3,(H,15,16). The number of anilines is 2. The Hall–Kier alpha value is -1.11. The molecule has 7 heteroatoms. The summed E-state index contributed by atoms with van der Waals surface area (Å²) < 4.78 is 5.51. The molecule has 0 spiro atoms. The van der Waals surface area contributed by atoms with Gasteiger partial charge in [0.1, 0.15) is 4.88 Å². The topological polar surface area (TPSA) is 51.2 Å². The number of carbonyl (C=O) groups is 1. The van der Waals surface area contributed by atoms with Crippen LogP contribution in [0.3, 0.4) is 0 Å². The van der Waals surface area contributed by atoms with E-state index in [1.807, 2.05) is 13.0 Å². The predicted octanol–water partition coefficient (Wildman–Crippen LogP) is 4.40. The molecule has 0 aliphatic rings. The molecule has 0 fully saturated rings. The van der Waals surface area contributed by atoms with Crippen molar-refractivity contribution in [1.82, 2.24) is 4.98 Å². The maximum atomic E-state index is 11.3. The van der Waals surface area contributed by atoms with Gasteiger partial charge in [0.2, 0.25) is 0 Å². The second-order valence-electron chi connectivity index (χ2n) is 3.73. The van der Waals surface area contributed by atoms with Crippen LogP contribution in [-0.4, -0.2) is 18.1 Å². The van der Waals surface area contributed by atoms with Gasteiger partial charge in [0.05, 0.1) is 19.0 Å². The summed E-state index contributed by atoms with van der Waals surface area (Å²) in [5, 5.41) is 4.37. The number of rotatable bonds is 3. The fraction of sp³-hybridized carbons (Fsp3) is 0.167. The minimum atomic E-state index is -0.397. The zero-order chi connectivity index (χ0) is 14.0. The van der Waals surface area contributed by atoms with Crippen molar-refractivity contribution in [3.05, 3.63) is 38.3 Å². The Balaban J connectivity index is 2.24. The highest BCUT2D eigenvalue weighted by Crippen LogP contribution is 2.32. The normalized spacial score (nSPS) is 10.3. The molecule has 1 N–H and O–H groups in total. The van der Waals surface area contributed by atoms with Gasteiger partial charge in [-0.05, 0) is 40.5 Å². The molecule has 0 saturated heterocycles. The van der Waals surface area contributed by atoms with E-state index < -0.39 is 5.97 Å². The number of hydrogen-bond donors (Lipinski definition) is 1. The van der Waals surface area contributed by atoms with Crippen LogP contribution >= 0.6 is 38.9 Å². The van der Waals surface area contributed by atoms with E-state index in [0.29, 0.717) is 15.0 Å². The summed E-state index contributed by atoms with van der Waals surface area (Å²) >= 11 is 10.7. The van der Waals surface area contributed by atoms with Crippen molar-refractivity contribution in [2.45, 2.75) is 6.92 Å². The van der Waals surface area contributed by atoms with Gasteiger partial charge >= 0.3 is 5.97 Å². The Morgan fingerprint density at radius 3 is 2.95 bits per heavy atom. The van der Waals surface area contributed by atoms with E-state index in [9.17, 15) is 4.79 Å². The lowest BCUT2D eigenvalue weighted by Gasteiger charge is -2.07. The molecule has 4 nitrogen and oxygen atoms in total. The molecular weight excluding hydrogens is 352 g/mol. The number of halogens is 2. The van der Waals surface area contributed by atoms with Gasteiger partial charge in [-0.25, -0.2) is 9.78 Å². The molecule has 0 saturated carbocycles. The molecule has 100 valence electrons. The molecule has 2 rings (SSSR count). The second kappa shape index (κ2) is 5.90. The number of benzene rings is 1. The number of thiazole rings is 1. The van der Waals surface area contributed by atoms with Crippen molar-refractivity contribution < 1.29 is 9.53 Å². The van der Waals surface area contributed by atoms with Crippen LogP contribution in [0.4, 0.5) is 10.8 Å². The van der Waals surface area contributed by atoms with Gasteiger partial charge in [0.25, 0.3) is 0 Å². The molecule has 0 aliphatic carbocycles. The SMILES string of the molecule is COC(=O)c1cnc(Nc2cc(Cl)c(C)cc2Br)s1. The van der Waals surface area contributed by atoms with Gasteiger partial charge < -0.3 is 10.1 Å². The zero-order valence-corrected chi connectivity index (χ0v) is 13.3. The average molecular weight is 362 g/mol. The molecule has 1 aromatic carbocycles. The number of carbonyl (C=O) groups excluding carboxylic acids is 1. The summed E-state index contributed by atoms with van der Waals surface area (Å²) in [4.78, 5) is 15.9. The third-order valence-corrected chi connectivity index (χ3v) is 4.34. The summed E-state index contributed by atoms with van der Waals surface area (Å²) in [7, 11) is 1.34. The molecular formula is C12H10BrClN2O2S. The van der Waals surface area contributed by atoms with Gasteiger partial charge in [0, 0.05) is 9.50 Å². The minimum Gasteiger partial charge on any atom is -0.465 e. The Kier molecular flexibility index (Phi) is 4.44. The molecule has 1 aromatic heterocycles. The molecule has 0 bridgehead atoms. The van der Waals surface area contributed by atoms with Crippen LogP contribution in [0.25, 0.3) is 0 Å². The van der Waals surface area contributed by atoms with E-state index >= 15 is 0 Å². The first-order chi connectivity index (χ1) is 9.01. The average Bonchev–Trinajstić information content (AvgIpc) is 2.83. The summed E-state index contributed by atoms with van der Waals surface area (Å²) in [6.45, 7) is 1.93. The van der Waals surface area contributed by atoms with Crippen LogP contribution in [0.1, 0.15) is 15.2 Å². The molecule has 0 radical (unpaired) electrons. The van der Waals surface area contributed by atoms with E-state index in [1.54, 1.807) is 6.07 Å². The molecule has 0 atom stereocenters. The van der Waals surface area contributed by atoms with Gasteiger partial charge in [-0.1, -0.05) is 22.9 Å². The number of nitrogens with zero attached hydrogens (tertiary/aromatic N) is 1. The van der Waals surface area contributed by atoms with Crippen molar-refractivity contribution in [2.24, 2.45) is 0 Å². The number of aromatic nitrogens is 1. The van der Waals surface area contributed by atoms with Gasteiger partial charge in [-0.3, -0.25) is 0 Å². The molecule has 2 aromatic rings. The Morgan fingerprint density at radius 1 is 1.53 bits per heavy atom. The van der Waals surface area contributed by atoms with Crippen LogP contribution in [-0.2, 0) is 4.74 Å². The maximum absolute atomic E-state index is 11.3. The largest absolute Gasteiger partial charge is 0.465 e. The first-order valence-corrected chi connectivity index (χ1v) is 7.27. The van der Waals surface area contributed by atoms with Crippen LogP contribution in [0.2, 0.25) is 5.02 Å². The van der Waals surface area contributed by atoms with Crippen LogP contribution in [0.5, 0.6) is 0 Å². The Bertz CT molecular complexity index is 630. The molecule has 0 aliphatic heterocycles. The number of aryl methyl sites for hydroxylation is 1. The van der Waals surface area contributed by atoms with Crippen molar-refractivity contribution in [2.75, 3.05) is 12.4 Å². The highest BCUT2D eigenvalue weighted by Gasteiger charge is 2.12. The fourth-order valence-corrected chi connectivity index (χ4v) is 2.85. The molecule has 0 unspecified atom stereocenters. The lowest BCUT2D eigenvalue weighted by atomic mass is 10.2. The number of ether oxygens (including phenoxy) is 1. The van der Waals surface area contributed by atoms with Gasteiger partial charge in [0.15, 0.2) is 5.13 Å².